The Bertz CT molecular complexity index is 1090. The van der Waals surface area contributed by atoms with Crippen LogP contribution in [0.4, 0.5) is 0 Å². The van der Waals surface area contributed by atoms with Crippen LogP contribution in [0.1, 0.15) is 43.0 Å². The van der Waals surface area contributed by atoms with Crippen molar-refractivity contribution in [3.8, 4) is 0 Å². The van der Waals surface area contributed by atoms with Crippen molar-refractivity contribution in [3.63, 3.8) is 0 Å². The topological polar surface area (TPSA) is 80.8 Å². The van der Waals surface area contributed by atoms with Gasteiger partial charge in [-0.05, 0) is 90.1 Å². The maximum Gasteiger partial charge on any atom is 0.338 e. The monoisotopic (exact) mass is 481 g/mol. The molecule has 6 nitrogen and oxygen atoms in total. The van der Waals surface area contributed by atoms with Crippen LogP contribution in [-0.2, 0) is 14.8 Å². The predicted molar refractivity (Wildman–Crippen MR) is 115 cm³/mol. The Morgan fingerprint density at radius 3 is 2.21 bits per heavy atom. The van der Waals surface area contributed by atoms with Gasteiger partial charge in [-0.3, -0.25) is 4.79 Å². The van der Waals surface area contributed by atoms with E-state index in [9.17, 15) is 18.0 Å². The molecule has 8 heteroatoms. The van der Waals surface area contributed by atoms with Crippen molar-refractivity contribution >= 4 is 37.7 Å². The zero-order valence-corrected chi connectivity index (χ0v) is 19.7. The first kappa shape index (κ1) is 23.3. The zero-order chi connectivity index (χ0) is 22.1. The van der Waals surface area contributed by atoms with E-state index in [-0.39, 0.29) is 16.2 Å². The van der Waals surface area contributed by atoms with E-state index in [1.807, 2.05) is 27.7 Å². The van der Waals surface area contributed by atoms with Crippen LogP contribution in [0.2, 0.25) is 0 Å². The molecule has 0 bridgehead atoms. The maximum atomic E-state index is 12.6. The van der Waals surface area contributed by atoms with Crippen molar-refractivity contribution in [1.82, 2.24) is 4.31 Å². The van der Waals surface area contributed by atoms with Gasteiger partial charge in [-0.15, -0.1) is 0 Å². The number of halogens is 1. The zero-order valence-electron chi connectivity index (χ0n) is 17.3. The average Bonchev–Trinajstić information content (AvgIpc) is 2.66. The third-order valence-electron chi connectivity index (χ3n) is 5.04. The molecule has 29 heavy (non-hydrogen) atoms. The van der Waals surface area contributed by atoms with Crippen molar-refractivity contribution in [1.29, 1.82) is 0 Å². The highest BCUT2D eigenvalue weighted by molar-refractivity contribution is 9.10. The van der Waals surface area contributed by atoms with Gasteiger partial charge in [0.15, 0.2) is 6.61 Å². The number of aryl methyl sites for hydroxylation is 1. The molecule has 2 aromatic rings. The van der Waals surface area contributed by atoms with Crippen molar-refractivity contribution < 1.29 is 22.7 Å². The van der Waals surface area contributed by atoms with E-state index in [4.69, 9.17) is 4.74 Å². The van der Waals surface area contributed by atoms with E-state index in [0.29, 0.717) is 10.0 Å². The lowest BCUT2D eigenvalue weighted by Crippen LogP contribution is -2.23. The number of carbonyl (C=O) groups excluding carboxylic acids is 2. The normalized spacial score (nSPS) is 11.6. The number of hydrogen-bond acceptors (Lipinski definition) is 5. The summed E-state index contributed by atoms with van der Waals surface area (Å²) >= 11 is 3.19. The SMILES string of the molecule is Cc1cc(C(=O)COC(=O)c2ccc(Br)c(S(=O)(=O)N(C)C)c2)c(C)c(C)c1C. The molecule has 156 valence electrons. The lowest BCUT2D eigenvalue weighted by atomic mass is 9.93. The molecule has 0 heterocycles. The molecule has 0 atom stereocenters. The molecule has 0 spiro atoms. The quantitative estimate of drug-likeness (QED) is 0.460. The van der Waals surface area contributed by atoms with Crippen LogP contribution in [0.3, 0.4) is 0 Å². The van der Waals surface area contributed by atoms with E-state index < -0.39 is 22.6 Å². The Kier molecular flexibility index (Phi) is 7.03. The van der Waals surface area contributed by atoms with Crippen LogP contribution < -0.4 is 0 Å². The van der Waals surface area contributed by atoms with E-state index in [2.05, 4.69) is 15.9 Å². The van der Waals surface area contributed by atoms with Crippen molar-refractivity contribution in [2.45, 2.75) is 32.6 Å². The number of rotatable bonds is 6. The summed E-state index contributed by atoms with van der Waals surface area (Å²) in [7, 11) is -0.941. The van der Waals surface area contributed by atoms with Crippen LogP contribution in [-0.4, -0.2) is 45.2 Å². The van der Waals surface area contributed by atoms with Gasteiger partial charge in [0.1, 0.15) is 0 Å². The second-order valence-corrected chi connectivity index (χ2v) is 10.0. The number of benzene rings is 2. The molecule has 0 aliphatic heterocycles. The molecule has 0 N–H and O–H groups in total. The number of esters is 1. The smallest absolute Gasteiger partial charge is 0.338 e. The number of sulfonamides is 1. The molecule has 0 aliphatic rings. The van der Waals surface area contributed by atoms with Crippen molar-refractivity contribution in [3.05, 3.63) is 62.1 Å². The average molecular weight is 482 g/mol. The first-order chi connectivity index (χ1) is 13.4. The number of ether oxygens (including phenoxy) is 1. The van der Waals surface area contributed by atoms with Crippen LogP contribution in [0.15, 0.2) is 33.6 Å². The summed E-state index contributed by atoms with van der Waals surface area (Å²) < 4.78 is 31.3. The minimum Gasteiger partial charge on any atom is -0.454 e. The lowest BCUT2D eigenvalue weighted by molar-refractivity contribution is 0.0474. The summed E-state index contributed by atoms with van der Waals surface area (Å²) in [5.41, 5.74) is 4.58. The van der Waals surface area contributed by atoms with E-state index >= 15 is 0 Å². The number of hydrogen-bond donors (Lipinski definition) is 0. The summed E-state index contributed by atoms with van der Waals surface area (Å²) in [6, 6.07) is 5.94. The second-order valence-electron chi connectivity index (χ2n) is 7.05. The maximum absolute atomic E-state index is 12.6. The van der Waals surface area contributed by atoms with Gasteiger partial charge in [0, 0.05) is 24.1 Å². The number of Topliss-reactive ketones (excluding diaryl/α,β-unsaturated/α-hetero) is 1. The van der Waals surface area contributed by atoms with Gasteiger partial charge in [0.2, 0.25) is 15.8 Å². The fraction of sp³-hybridized carbons (Fsp3) is 0.333. The highest BCUT2D eigenvalue weighted by atomic mass is 79.9. The summed E-state index contributed by atoms with van der Waals surface area (Å²) in [6.45, 7) is 7.32. The highest BCUT2D eigenvalue weighted by Crippen LogP contribution is 2.26. The standard InChI is InChI=1S/C21H24BrNO5S/c1-12-9-17(15(4)14(3)13(12)2)19(24)11-28-21(25)16-7-8-18(22)20(10-16)29(26,27)23(5)6/h7-10H,11H2,1-6H3. The predicted octanol–water partition coefficient (Wildman–Crippen LogP) is 3.97. The summed E-state index contributed by atoms with van der Waals surface area (Å²) in [5, 5.41) is 0. The van der Waals surface area contributed by atoms with Crippen LogP contribution >= 0.6 is 15.9 Å². The van der Waals surface area contributed by atoms with E-state index in [1.54, 1.807) is 6.07 Å². The second kappa shape index (κ2) is 8.77. The third kappa shape index (κ3) is 4.76. The number of nitrogens with zero attached hydrogens (tertiary/aromatic N) is 1. The van der Waals surface area contributed by atoms with Crippen LogP contribution in [0.25, 0.3) is 0 Å². The molecule has 0 unspecified atom stereocenters. The molecule has 2 aromatic carbocycles. The van der Waals surface area contributed by atoms with Gasteiger partial charge in [-0.2, -0.15) is 0 Å². The summed E-state index contributed by atoms with van der Waals surface area (Å²) in [6.07, 6.45) is 0. The first-order valence-corrected chi connectivity index (χ1v) is 11.1. The first-order valence-electron chi connectivity index (χ1n) is 8.87. The molecule has 0 aliphatic carbocycles. The van der Waals surface area contributed by atoms with Gasteiger partial charge in [0.05, 0.1) is 10.5 Å². The molecule has 0 saturated heterocycles. The lowest BCUT2D eigenvalue weighted by Gasteiger charge is -2.15. The molecule has 0 radical (unpaired) electrons. The van der Waals surface area contributed by atoms with Gasteiger partial charge < -0.3 is 4.74 Å². The summed E-state index contributed by atoms with van der Waals surface area (Å²) in [5.74, 6) is -1.07. The highest BCUT2D eigenvalue weighted by Gasteiger charge is 2.23. The van der Waals surface area contributed by atoms with E-state index in [1.165, 1.54) is 32.3 Å². The Balaban J connectivity index is 2.24. The van der Waals surface area contributed by atoms with Gasteiger partial charge in [-0.25, -0.2) is 17.5 Å². The minimum absolute atomic E-state index is 0.0504. The van der Waals surface area contributed by atoms with Crippen molar-refractivity contribution in [2.24, 2.45) is 0 Å². The molecule has 0 aromatic heterocycles. The number of carbonyl (C=O) groups is 2. The molecule has 2 rings (SSSR count). The van der Waals surface area contributed by atoms with Crippen LogP contribution in [0, 0.1) is 27.7 Å². The van der Waals surface area contributed by atoms with Crippen LogP contribution in [0.5, 0.6) is 0 Å². The molecule has 0 fully saturated rings. The van der Waals surface area contributed by atoms with E-state index in [0.717, 1.165) is 26.6 Å². The molecule has 0 saturated carbocycles. The largest absolute Gasteiger partial charge is 0.454 e. The van der Waals surface area contributed by atoms with Gasteiger partial charge >= 0.3 is 5.97 Å². The Morgan fingerprint density at radius 1 is 1.00 bits per heavy atom. The van der Waals surface area contributed by atoms with Crippen molar-refractivity contribution in [2.75, 3.05) is 20.7 Å². The molecular formula is C21H24BrNO5S. The fourth-order valence-electron chi connectivity index (χ4n) is 2.82. The Labute approximate surface area is 180 Å². The fourth-order valence-corrected chi connectivity index (χ4v) is 4.66. The minimum atomic E-state index is -3.75. The Hall–Kier alpha value is -2.03. The molecule has 0 amide bonds. The Morgan fingerprint density at radius 2 is 1.62 bits per heavy atom. The number of ketones is 1. The summed E-state index contributed by atoms with van der Waals surface area (Å²) in [4.78, 5) is 25.0. The third-order valence-corrected chi connectivity index (χ3v) is 7.85. The van der Waals surface area contributed by atoms with Gasteiger partial charge in [-0.1, -0.05) is 0 Å². The van der Waals surface area contributed by atoms with Gasteiger partial charge in [0.25, 0.3) is 0 Å². The molecular weight excluding hydrogens is 458 g/mol.